The standard InChI is InChI=1S/C14H18BrNO/c1-2-8-16(14(17)12-6-7-12)10-11-4-3-5-13(15)9-11/h3-5,9,12H,2,6-8,10H2,1H3. The van der Waals surface area contributed by atoms with Gasteiger partial charge in [0, 0.05) is 23.5 Å². The fourth-order valence-corrected chi connectivity index (χ4v) is 2.43. The van der Waals surface area contributed by atoms with Gasteiger partial charge >= 0.3 is 0 Å². The van der Waals surface area contributed by atoms with Crippen LogP contribution in [0.25, 0.3) is 0 Å². The van der Waals surface area contributed by atoms with Gasteiger partial charge < -0.3 is 4.90 Å². The van der Waals surface area contributed by atoms with Gasteiger partial charge in [-0.2, -0.15) is 0 Å². The highest BCUT2D eigenvalue weighted by atomic mass is 79.9. The van der Waals surface area contributed by atoms with Gasteiger partial charge in [0.2, 0.25) is 5.91 Å². The van der Waals surface area contributed by atoms with Crippen molar-refractivity contribution >= 4 is 21.8 Å². The van der Waals surface area contributed by atoms with Crippen molar-refractivity contribution in [3.8, 4) is 0 Å². The smallest absolute Gasteiger partial charge is 0.225 e. The van der Waals surface area contributed by atoms with Crippen LogP contribution < -0.4 is 0 Å². The molecule has 0 N–H and O–H groups in total. The monoisotopic (exact) mass is 295 g/mol. The molecule has 0 aromatic heterocycles. The Hall–Kier alpha value is -0.830. The van der Waals surface area contributed by atoms with E-state index in [1.54, 1.807) is 0 Å². The van der Waals surface area contributed by atoms with E-state index in [-0.39, 0.29) is 0 Å². The fraction of sp³-hybridized carbons (Fsp3) is 0.500. The van der Waals surface area contributed by atoms with E-state index >= 15 is 0 Å². The Morgan fingerprint density at radius 1 is 1.47 bits per heavy atom. The van der Waals surface area contributed by atoms with Crippen molar-refractivity contribution in [1.29, 1.82) is 0 Å². The van der Waals surface area contributed by atoms with Gasteiger partial charge in [0.25, 0.3) is 0 Å². The number of benzene rings is 1. The average molecular weight is 296 g/mol. The number of amides is 1. The average Bonchev–Trinajstić information content (AvgIpc) is 3.11. The van der Waals surface area contributed by atoms with E-state index in [1.165, 1.54) is 5.56 Å². The van der Waals surface area contributed by atoms with Crippen molar-refractivity contribution in [2.24, 2.45) is 5.92 Å². The van der Waals surface area contributed by atoms with Crippen molar-refractivity contribution in [2.75, 3.05) is 6.54 Å². The summed E-state index contributed by atoms with van der Waals surface area (Å²) in [7, 11) is 0. The summed E-state index contributed by atoms with van der Waals surface area (Å²) in [6.45, 7) is 3.72. The van der Waals surface area contributed by atoms with Crippen LogP contribution in [0.3, 0.4) is 0 Å². The Labute approximate surface area is 111 Å². The second-order valence-electron chi connectivity index (χ2n) is 4.66. The molecule has 1 aromatic carbocycles. The molecule has 0 bridgehead atoms. The molecule has 1 aliphatic carbocycles. The number of carbonyl (C=O) groups excluding carboxylic acids is 1. The maximum atomic E-state index is 12.1. The van der Waals surface area contributed by atoms with E-state index in [4.69, 9.17) is 0 Å². The van der Waals surface area contributed by atoms with Crippen LogP contribution in [0.15, 0.2) is 28.7 Å². The van der Waals surface area contributed by atoms with E-state index in [0.717, 1.165) is 36.8 Å². The first-order chi connectivity index (χ1) is 8.20. The predicted molar refractivity (Wildman–Crippen MR) is 72.6 cm³/mol. The summed E-state index contributed by atoms with van der Waals surface area (Å²) < 4.78 is 1.07. The Bertz CT molecular complexity index is 401. The van der Waals surface area contributed by atoms with Crippen molar-refractivity contribution in [2.45, 2.75) is 32.7 Å². The predicted octanol–water partition coefficient (Wildman–Crippen LogP) is 3.60. The normalized spacial score (nSPS) is 14.7. The van der Waals surface area contributed by atoms with Crippen LogP contribution in [0.2, 0.25) is 0 Å². The molecule has 1 fully saturated rings. The molecular formula is C14H18BrNO. The van der Waals surface area contributed by atoms with Crippen LogP contribution in [-0.2, 0) is 11.3 Å². The molecule has 0 radical (unpaired) electrons. The summed E-state index contributed by atoms with van der Waals surface area (Å²) in [5.41, 5.74) is 1.20. The van der Waals surface area contributed by atoms with Crippen molar-refractivity contribution in [3.63, 3.8) is 0 Å². The van der Waals surface area contributed by atoms with Crippen molar-refractivity contribution < 1.29 is 4.79 Å². The molecule has 2 rings (SSSR count). The topological polar surface area (TPSA) is 20.3 Å². The lowest BCUT2D eigenvalue weighted by Crippen LogP contribution is -2.32. The van der Waals surface area contributed by atoms with Gasteiger partial charge in [-0.1, -0.05) is 35.0 Å². The van der Waals surface area contributed by atoms with Gasteiger partial charge in [-0.05, 0) is 37.0 Å². The second kappa shape index (κ2) is 5.67. The summed E-state index contributed by atoms with van der Waals surface area (Å²) >= 11 is 3.47. The van der Waals surface area contributed by atoms with Crippen LogP contribution in [-0.4, -0.2) is 17.4 Å². The number of hydrogen-bond donors (Lipinski definition) is 0. The summed E-state index contributed by atoms with van der Waals surface area (Å²) in [6.07, 6.45) is 3.18. The largest absolute Gasteiger partial charge is 0.338 e. The van der Waals surface area contributed by atoms with Crippen molar-refractivity contribution in [1.82, 2.24) is 4.90 Å². The third kappa shape index (κ3) is 3.56. The Morgan fingerprint density at radius 2 is 2.24 bits per heavy atom. The molecule has 0 unspecified atom stereocenters. The van der Waals surface area contributed by atoms with Gasteiger partial charge in [-0.15, -0.1) is 0 Å². The molecule has 3 heteroatoms. The molecule has 1 aromatic rings. The molecule has 1 amide bonds. The van der Waals surface area contributed by atoms with Crippen LogP contribution in [0.5, 0.6) is 0 Å². The summed E-state index contributed by atoms with van der Waals surface area (Å²) in [5.74, 6) is 0.653. The summed E-state index contributed by atoms with van der Waals surface area (Å²) in [4.78, 5) is 14.1. The number of nitrogens with zero attached hydrogens (tertiary/aromatic N) is 1. The van der Waals surface area contributed by atoms with Crippen molar-refractivity contribution in [3.05, 3.63) is 34.3 Å². The zero-order chi connectivity index (χ0) is 12.3. The molecular weight excluding hydrogens is 278 g/mol. The van der Waals surface area contributed by atoms with E-state index in [0.29, 0.717) is 11.8 Å². The van der Waals surface area contributed by atoms with E-state index in [1.807, 2.05) is 17.0 Å². The molecule has 92 valence electrons. The zero-order valence-electron chi connectivity index (χ0n) is 10.2. The molecule has 1 saturated carbocycles. The first-order valence-electron chi connectivity index (χ1n) is 6.24. The van der Waals surface area contributed by atoms with E-state index < -0.39 is 0 Å². The van der Waals surface area contributed by atoms with Gasteiger partial charge in [-0.25, -0.2) is 0 Å². The van der Waals surface area contributed by atoms with Gasteiger partial charge in [-0.3, -0.25) is 4.79 Å². The molecule has 2 nitrogen and oxygen atoms in total. The van der Waals surface area contributed by atoms with E-state index in [2.05, 4.69) is 35.0 Å². The zero-order valence-corrected chi connectivity index (χ0v) is 11.7. The fourth-order valence-electron chi connectivity index (χ4n) is 1.98. The lowest BCUT2D eigenvalue weighted by atomic mass is 10.2. The molecule has 0 atom stereocenters. The molecule has 0 heterocycles. The van der Waals surface area contributed by atoms with Crippen LogP contribution in [0, 0.1) is 5.92 Å². The number of carbonyl (C=O) groups is 1. The Balaban J connectivity index is 2.03. The highest BCUT2D eigenvalue weighted by Gasteiger charge is 2.32. The number of rotatable bonds is 5. The summed E-state index contributed by atoms with van der Waals surface area (Å²) in [5, 5.41) is 0. The van der Waals surface area contributed by atoms with Crippen LogP contribution in [0.1, 0.15) is 31.7 Å². The molecule has 0 spiro atoms. The number of hydrogen-bond acceptors (Lipinski definition) is 1. The Kier molecular flexibility index (Phi) is 4.21. The quantitative estimate of drug-likeness (QED) is 0.813. The van der Waals surface area contributed by atoms with Crippen LogP contribution in [0.4, 0.5) is 0 Å². The molecule has 1 aliphatic rings. The van der Waals surface area contributed by atoms with Crippen LogP contribution >= 0.6 is 15.9 Å². The third-order valence-electron chi connectivity index (χ3n) is 2.99. The maximum Gasteiger partial charge on any atom is 0.225 e. The second-order valence-corrected chi connectivity index (χ2v) is 5.58. The van der Waals surface area contributed by atoms with Gasteiger partial charge in [0.1, 0.15) is 0 Å². The van der Waals surface area contributed by atoms with Gasteiger partial charge in [0.05, 0.1) is 0 Å². The minimum atomic E-state index is 0.314. The molecule has 0 saturated heterocycles. The highest BCUT2D eigenvalue weighted by Crippen LogP contribution is 2.31. The maximum absolute atomic E-state index is 12.1. The minimum absolute atomic E-state index is 0.314. The molecule has 17 heavy (non-hydrogen) atoms. The lowest BCUT2D eigenvalue weighted by Gasteiger charge is -2.22. The Morgan fingerprint density at radius 3 is 2.82 bits per heavy atom. The summed E-state index contributed by atoms with van der Waals surface area (Å²) in [6, 6.07) is 8.19. The highest BCUT2D eigenvalue weighted by molar-refractivity contribution is 9.10. The molecule has 0 aliphatic heterocycles. The lowest BCUT2D eigenvalue weighted by molar-refractivity contribution is -0.133. The van der Waals surface area contributed by atoms with E-state index in [9.17, 15) is 4.79 Å². The van der Waals surface area contributed by atoms with Gasteiger partial charge in [0.15, 0.2) is 0 Å². The first-order valence-corrected chi connectivity index (χ1v) is 7.03. The SMILES string of the molecule is CCCN(Cc1cccc(Br)c1)C(=O)C1CC1. The minimum Gasteiger partial charge on any atom is -0.338 e. The number of halogens is 1. The first kappa shape index (κ1) is 12.6. The third-order valence-corrected chi connectivity index (χ3v) is 3.49.